The van der Waals surface area contributed by atoms with Gasteiger partial charge in [0.15, 0.2) is 0 Å². The van der Waals surface area contributed by atoms with Gasteiger partial charge < -0.3 is 14.9 Å². The highest BCUT2D eigenvalue weighted by Gasteiger charge is 2.33. The predicted molar refractivity (Wildman–Crippen MR) is 100 cm³/mol. The van der Waals surface area contributed by atoms with E-state index >= 15 is 0 Å². The predicted octanol–water partition coefficient (Wildman–Crippen LogP) is 2.61. The van der Waals surface area contributed by atoms with Crippen LogP contribution in [0, 0.1) is 11.8 Å². The molecular weight excluding hydrogens is 328 g/mol. The Morgan fingerprint density at radius 2 is 1.77 bits per heavy atom. The van der Waals surface area contributed by atoms with Crippen molar-refractivity contribution in [1.29, 1.82) is 0 Å². The van der Waals surface area contributed by atoms with Gasteiger partial charge in [0.2, 0.25) is 11.8 Å². The van der Waals surface area contributed by atoms with Crippen molar-refractivity contribution in [2.45, 2.75) is 44.6 Å². The fraction of sp³-hybridized carbons (Fsp3) is 0.619. The normalized spacial score (nSPS) is 19.7. The van der Waals surface area contributed by atoms with Crippen LogP contribution in [0.3, 0.4) is 0 Å². The molecular formula is C21H30N2O3. The van der Waals surface area contributed by atoms with Crippen molar-refractivity contribution < 1.29 is 14.7 Å². The minimum atomic E-state index is -0.548. The highest BCUT2D eigenvalue weighted by Crippen LogP contribution is 2.30. The Morgan fingerprint density at radius 3 is 2.35 bits per heavy atom. The Labute approximate surface area is 156 Å². The molecule has 142 valence electrons. The van der Waals surface area contributed by atoms with E-state index < -0.39 is 6.10 Å². The van der Waals surface area contributed by atoms with E-state index in [4.69, 9.17) is 0 Å². The summed E-state index contributed by atoms with van der Waals surface area (Å²) in [6.45, 7) is 1.94. The van der Waals surface area contributed by atoms with Crippen molar-refractivity contribution in [3.05, 3.63) is 35.9 Å². The fourth-order valence-electron chi connectivity index (χ4n) is 3.84. The first-order chi connectivity index (χ1) is 12.6. The SMILES string of the molecule is CN(CCC(O)c1ccccc1)C(=O)C1CCN(C(=O)C2CCC2)CC1. The molecule has 3 rings (SSSR count). The summed E-state index contributed by atoms with van der Waals surface area (Å²) in [4.78, 5) is 28.7. The van der Waals surface area contributed by atoms with Crippen molar-refractivity contribution in [1.82, 2.24) is 9.80 Å². The van der Waals surface area contributed by atoms with E-state index in [0.717, 1.165) is 31.2 Å². The lowest BCUT2D eigenvalue weighted by atomic mass is 9.83. The van der Waals surface area contributed by atoms with E-state index in [2.05, 4.69) is 0 Å². The van der Waals surface area contributed by atoms with E-state index in [-0.39, 0.29) is 17.7 Å². The van der Waals surface area contributed by atoms with E-state index in [1.807, 2.05) is 42.3 Å². The lowest BCUT2D eigenvalue weighted by molar-refractivity contribution is -0.143. The third-order valence-electron chi connectivity index (χ3n) is 5.91. The molecule has 2 amide bonds. The Morgan fingerprint density at radius 1 is 1.12 bits per heavy atom. The number of carbonyl (C=O) groups is 2. The largest absolute Gasteiger partial charge is 0.388 e. The summed E-state index contributed by atoms with van der Waals surface area (Å²) in [6.07, 6.45) is 4.73. The molecule has 0 aromatic heterocycles. The summed E-state index contributed by atoms with van der Waals surface area (Å²) in [5, 5.41) is 10.3. The van der Waals surface area contributed by atoms with Gasteiger partial charge in [0, 0.05) is 38.5 Å². The number of hydrogen-bond donors (Lipinski definition) is 1. The van der Waals surface area contributed by atoms with Gasteiger partial charge in [-0.1, -0.05) is 36.8 Å². The summed E-state index contributed by atoms with van der Waals surface area (Å²) in [7, 11) is 1.81. The smallest absolute Gasteiger partial charge is 0.225 e. The zero-order valence-corrected chi connectivity index (χ0v) is 15.6. The third-order valence-corrected chi connectivity index (χ3v) is 5.91. The van der Waals surface area contributed by atoms with Crippen molar-refractivity contribution in [2.24, 2.45) is 11.8 Å². The van der Waals surface area contributed by atoms with E-state index in [1.165, 1.54) is 6.42 Å². The molecule has 1 aliphatic heterocycles. The molecule has 5 nitrogen and oxygen atoms in total. The van der Waals surface area contributed by atoms with Crippen LogP contribution in [0.1, 0.15) is 50.2 Å². The maximum absolute atomic E-state index is 12.7. The number of hydrogen-bond acceptors (Lipinski definition) is 3. The Balaban J connectivity index is 1.42. The number of likely N-dealkylation sites (tertiary alicyclic amines) is 1. The van der Waals surface area contributed by atoms with Crippen LogP contribution in [0.25, 0.3) is 0 Å². The molecule has 26 heavy (non-hydrogen) atoms. The number of aliphatic hydroxyl groups is 1. The molecule has 2 fully saturated rings. The molecule has 1 aliphatic carbocycles. The molecule has 5 heteroatoms. The molecule has 1 N–H and O–H groups in total. The molecule has 1 aromatic carbocycles. The highest BCUT2D eigenvalue weighted by molar-refractivity contribution is 5.81. The molecule has 2 aliphatic rings. The van der Waals surface area contributed by atoms with Gasteiger partial charge in [-0.05, 0) is 37.7 Å². The molecule has 1 atom stereocenters. The van der Waals surface area contributed by atoms with Gasteiger partial charge in [0.1, 0.15) is 0 Å². The zero-order chi connectivity index (χ0) is 18.5. The maximum atomic E-state index is 12.7. The van der Waals surface area contributed by atoms with Gasteiger partial charge in [-0.25, -0.2) is 0 Å². The van der Waals surface area contributed by atoms with Crippen LogP contribution in [0.5, 0.6) is 0 Å². The minimum Gasteiger partial charge on any atom is -0.388 e. The van der Waals surface area contributed by atoms with E-state index in [9.17, 15) is 14.7 Å². The fourth-order valence-corrected chi connectivity index (χ4v) is 3.84. The molecule has 0 bridgehead atoms. The minimum absolute atomic E-state index is 0.000640. The van der Waals surface area contributed by atoms with E-state index in [0.29, 0.717) is 32.0 Å². The summed E-state index contributed by atoms with van der Waals surface area (Å²) in [5.41, 5.74) is 0.885. The van der Waals surface area contributed by atoms with Crippen molar-refractivity contribution in [2.75, 3.05) is 26.7 Å². The van der Waals surface area contributed by atoms with E-state index in [1.54, 1.807) is 4.90 Å². The summed E-state index contributed by atoms with van der Waals surface area (Å²) in [6, 6.07) is 9.55. The molecule has 1 aromatic rings. The van der Waals surface area contributed by atoms with Crippen LogP contribution in [-0.4, -0.2) is 53.4 Å². The second-order valence-electron chi connectivity index (χ2n) is 7.70. The van der Waals surface area contributed by atoms with Crippen LogP contribution in [-0.2, 0) is 9.59 Å². The Kier molecular flexibility index (Phi) is 6.30. The van der Waals surface area contributed by atoms with Gasteiger partial charge in [0.05, 0.1) is 6.10 Å². The maximum Gasteiger partial charge on any atom is 0.225 e. The van der Waals surface area contributed by atoms with Gasteiger partial charge >= 0.3 is 0 Å². The number of rotatable bonds is 6. The van der Waals surface area contributed by atoms with Crippen LogP contribution < -0.4 is 0 Å². The van der Waals surface area contributed by atoms with Crippen molar-refractivity contribution in [3.63, 3.8) is 0 Å². The average Bonchev–Trinajstić information content (AvgIpc) is 2.64. The summed E-state index contributed by atoms with van der Waals surface area (Å²) in [5.74, 6) is 0.672. The van der Waals surface area contributed by atoms with Gasteiger partial charge in [-0.15, -0.1) is 0 Å². The number of nitrogens with zero attached hydrogens (tertiary/aromatic N) is 2. The number of amides is 2. The molecule has 1 heterocycles. The second-order valence-corrected chi connectivity index (χ2v) is 7.70. The first-order valence-electron chi connectivity index (χ1n) is 9.83. The molecule has 1 unspecified atom stereocenters. The third kappa shape index (κ3) is 4.44. The molecule has 1 saturated carbocycles. The first kappa shape index (κ1) is 18.9. The van der Waals surface area contributed by atoms with Crippen LogP contribution in [0.2, 0.25) is 0 Å². The van der Waals surface area contributed by atoms with Crippen molar-refractivity contribution in [3.8, 4) is 0 Å². The quantitative estimate of drug-likeness (QED) is 0.850. The lowest BCUT2D eigenvalue weighted by Gasteiger charge is -2.37. The summed E-state index contributed by atoms with van der Waals surface area (Å²) >= 11 is 0. The highest BCUT2D eigenvalue weighted by atomic mass is 16.3. The zero-order valence-electron chi connectivity index (χ0n) is 15.6. The number of piperidine rings is 1. The lowest BCUT2D eigenvalue weighted by Crippen LogP contribution is -2.46. The average molecular weight is 358 g/mol. The van der Waals surface area contributed by atoms with Crippen LogP contribution in [0.4, 0.5) is 0 Å². The monoisotopic (exact) mass is 358 g/mol. The van der Waals surface area contributed by atoms with Crippen LogP contribution >= 0.6 is 0 Å². The second kappa shape index (κ2) is 8.67. The molecule has 1 saturated heterocycles. The molecule has 0 radical (unpaired) electrons. The topological polar surface area (TPSA) is 60.9 Å². The standard InChI is InChI=1S/C21H30N2O3/c1-22(13-12-19(24)16-6-3-2-4-7-16)20(25)18-10-14-23(15-11-18)21(26)17-8-5-9-17/h2-4,6-7,17-19,24H,5,8-15H2,1H3. The first-order valence-corrected chi connectivity index (χ1v) is 9.83. The number of aliphatic hydroxyl groups excluding tert-OH is 1. The van der Waals surface area contributed by atoms with Gasteiger partial charge in [-0.2, -0.15) is 0 Å². The van der Waals surface area contributed by atoms with Gasteiger partial charge in [0.25, 0.3) is 0 Å². The Hall–Kier alpha value is -1.88. The van der Waals surface area contributed by atoms with Crippen LogP contribution in [0.15, 0.2) is 30.3 Å². The summed E-state index contributed by atoms with van der Waals surface area (Å²) < 4.78 is 0. The number of benzene rings is 1. The number of carbonyl (C=O) groups excluding carboxylic acids is 2. The Bertz CT molecular complexity index is 607. The molecule has 0 spiro atoms. The van der Waals surface area contributed by atoms with Gasteiger partial charge in [-0.3, -0.25) is 9.59 Å². The van der Waals surface area contributed by atoms with Crippen molar-refractivity contribution >= 4 is 11.8 Å².